The first-order valence-corrected chi connectivity index (χ1v) is 5.78. The van der Waals surface area contributed by atoms with Gasteiger partial charge >= 0.3 is 0 Å². The Morgan fingerprint density at radius 3 is 2.82 bits per heavy atom. The van der Waals surface area contributed by atoms with Crippen LogP contribution in [0.2, 0.25) is 0 Å². The molecule has 88 valence electrons. The van der Waals surface area contributed by atoms with Gasteiger partial charge in [0.2, 0.25) is 0 Å². The van der Waals surface area contributed by atoms with Gasteiger partial charge in [-0.2, -0.15) is 4.91 Å². The SMILES string of the molecule is O=Nc1ccccc1CC1=CCCCC1N=O. The van der Waals surface area contributed by atoms with Crippen LogP contribution in [0, 0.1) is 9.81 Å². The summed E-state index contributed by atoms with van der Waals surface area (Å²) in [6.07, 6.45) is 5.47. The van der Waals surface area contributed by atoms with Crippen molar-refractivity contribution in [3.63, 3.8) is 0 Å². The third kappa shape index (κ3) is 2.64. The Morgan fingerprint density at radius 2 is 2.06 bits per heavy atom. The van der Waals surface area contributed by atoms with Gasteiger partial charge in [0.1, 0.15) is 11.7 Å². The molecule has 0 fully saturated rings. The summed E-state index contributed by atoms with van der Waals surface area (Å²) in [5, 5.41) is 6.15. The molecule has 0 aliphatic heterocycles. The number of hydrogen-bond donors (Lipinski definition) is 0. The Labute approximate surface area is 99.7 Å². The van der Waals surface area contributed by atoms with Crippen molar-refractivity contribution in [2.75, 3.05) is 0 Å². The summed E-state index contributed by atoms with van der Waals surface area (Å²) in [5.74, 6) is 0. The Hall–Kier alpha value is -1.84. The quantitative estimate of drug-likeness (QED) is 0.582. The second-order valence-electron chi connectivity index (χ2n) is 4.23. The molecular weight excluding hydrogens is 216 g/mol. The molecule has 2 rings (SSSR count). The van der Waals surface area contributed by atoms with Crippen LogP contribution in [-0.2, 0) is 6.42 Å². The highest BCUT2D eigenvalue weighted by Crippen LogP contribution is 2.28. The third-order valence-corrected chi connectivity index (χ3v) is 3.13. The molecule has 1 aromatic carbocycles. The van der Waals surface area contributed by atoms with Crippen LogP contribution < -0.4 is 0 Å². The Kier molecular flexibility index (Phi) is 3.75. The second-order valence-corrected chi connectivity index (χ2v) is 4.23. The van der Waals surface area contributed by atoms with E-state index in [-0.39, 0.29) is 6.04 Å². The zero-order valence-corrected chi connectivity index (χ0v) is 9.50. The Bertz CT molecular complexity index is 454. The topological polar surface area (TPSA) is 58.9 Å². The normalized spacial score (nSPS) is 19.5. The Morgan fingerprint density at radius 1 is 1.24 bits per heavy atom. The predicted octanol–water partition coefficient (Wildman–Crippen LogP) is 3.87. The number of benzene rings is 1. The summed E-state index contributed by atoms with van der Waals surface area (Å²) < 4.78 is 0. The van der Waals surface area contributed by atoms with E-state index in [2.05, 4.69) is 16.4 Å². The van der Waals surface area contributed by atoms with Gasteiger partial charge in [0, 0.05) is 0 Å². The molecule has 0 saturated carbocycles. The zero-order chi connectivity index (χ0) is 12.1. The predicted molar refractivity (Wildman–Crippen MR) is 67.1 cm³/mol. The largest absolute Gasteiger partial charge is 0.150 e. The van der Waals surface area contributed by atoms with Gasteiger partial charge in [0.15, 0.2) is 0 Å². The van der Waals surface area contributed by atoms with E-state index in [0.717, 1.165) is 30.4 Å². The minimum atomic E-state index is -0.233. The lowest BCUT2D eigenvalue weighted by molar-refractivity contribution is 0.602. The molecule has 0 saturated heterocycles. The summed E-state index contributed by atoms with van der Waals surface area (Å²) in [5.41, 5.74) is 2.33. The van der Waals surface area contributed by atoms with Crippen LogP contribution in [-0.4, -0.2) is 6.04 Å². The highest BCUT2D eigenvalue weighted by atomic mass is 16.3. The van der Waals surface area contributed by atoms with Crippen LogP contribution in [0.3, 0.4) is 0 Å². The molecule has 0 spiro atoms. The molecule has 0 amide bonds. The first kappa shape index (κ1) is 11.6. The average molecular weight is 230 g/mol. The molecule has 4 nitrogen and oxygen atoms in total. The Balaban J connectivity index is 2.22. The molecule has 1 aromatic rings. The zero-order valence-electron chi connectivity index (χ0n) is 9.50. The van der Waals surface area contributed by atoms with Gasteiger partial charge in [-0.05, 0) is 48.1 Å². The monoisotopic (exact) mass is 230 g/mol. The van der Waals surface area contributed by atoms with E-state index >= 15 is 0 Å². The van der Waals surface area contributed by atoms with E-state index < -0.39 is 0 Å². The molecule has 0 radical (unpaired) electrons. The average Bonchev–Trinajstić information content (AvgIpc) is 2.40. The first-order chi connectivity index (χ1) is 8.35. The standard InChI is InChI=1S/C13H14N2O2/c16-14-12-7-3-1-5-10(12)9-11-6-2-4-8-13(11)15-17/h1,3,5-7,13H,2,4,8-9H2. The molecular formula is C13H14N2O2. The summed E-state index contributed by atoms with van der Waals surface area (Å²) in [4.78, 5) is 21.4. The fraction of sp³-hybridized carbons (Fsp3) is 0.385. The minimum absolute atomic E-state index is 0.233. The summed E-state index contributed by atoms with van der Waals surface area (Å²) >= 11 is 0. The van der Waals surface area contributed by atoms with E-state index in [1.54, 1.807) is 12.1 Å². The lowest BCUT2D eigenvalue weighted by atomic mass is 9.90. The minimum Gasteiger partial charge on any atom is -0.150 e. The molecule has 1 unspecified atom stereocenters. The van der Waals surface area contributed by atoms with Crippen molar-refractivity contribution >= 4 is 5.69 Å². The van der Waals surface area contributed by atoms with Gasteiger partial charge < -0.3 is 0 Å². The van der Waals surface area contributed by atoms with Crippen LogP contribution in [0.5, 0.6) is 0 Å². The van der Waals surface area contributed by atoms with Crippen LogP contribution >= 0.6 is 0 Å². The van der Waals surface area contributed by atoms with Gasteiger partial charge in [0.25, 0.3) is 0 Å². The molecule has 1 aliphatic carbocycles. The molecule has 1 atom stereocenters. The van der Waals surface area contributed by atoms with Gasteiger partial charge in [-0.1, -0.05) is 29.5 Å². The van der Waals surface area contributed by atoms with Crippen molar-refractivity contribution < 1.29 is 0 Å². The van der Waals surface area contributed by atoms with Crippen LogP contribution in [0.25, 0.3) is 0 Å². The van der Waals surface area contributed by atoms with Crippen molar-refractivity contribution in [1.82, 2.24) is 0 Å². The van der Waals surface area contributed by atoms with Crippen LogP contribution in [0.15, 0.2) is 46.3 Å². The smallest absolute Gasteiger partial charge is 0.113 e. The first-order valence-electron chi connectivity index (χ1n) is 5.78. The van der Waals surface area contributed by atoms with E-state index in [0.29, 0.717) is 12.1 Å². The van der Waals surface area contributed by atoms with E-state index in [4.69, 9.17) is 0 Å². The van der Waals surface area contributed by atoms with Crippen LogP contribution in [0.4, 0.5) is 5.69 Å². The lowest BCUT2D eigenvalue weighted by Gasteiger charge is -2.18. The fourth-order valence-corrected chi connectivity index (χ4v) is 2.20. The van der Waals surface area contributed by atoms with Gasteiger partial charge in [-0.3, -0.25) is 0 Å². The number of hydrogen-bond acceptors (Lipinski definition) is 4. The third-order valence-electron chi connectivity index (χ3n) is 3.13. The van der Waals surface area contributed by atoms with Crippen LogP contribution in [0.1, 0.15) is 24.8 Å². The van der Waals surface area contributed by atoms with Crippen molar-refractivity contribution in [3.05, 3.63) is 51.3 Å². The number of rotatable bonds is 4. The van der Waals surface area contributed by atoms with E-state index in [1.165, 1.54) is 0 Å². The molecule has 0 bridgehead atoms. The van der Waals surface area contributed by atoms with Crippen molar-refractivity contribution in [1.29, 1.82) is 0 Å². The van der Waals surface area contributed by atoms with Crippen molar-refractivity contribution in [2.24, 2.45) is 10.4 Å². The molecule has 1 aliphatic rings. The number of allylic oxidation sites excluding steroid dienone is 1. The van der Waals surface area contributed by atoms with Gasteiger partial charge in [-0.25, -0.2) is 0 Å². The van der Waals surface area contributed by atoms with Crippen molar-refractivity contribution in [2.45, 2.75) is 31.7 Å². The maximum absolute atomic E-state index is 10.7. The molecule has 0 heterocycles. The van der Waals surface area contributed by atoms with E-state index in [1.807, 2.05) is 12.1 Å². The summed E-state index contributed by atoms with van der Waals surface area (Å²) in [6, 6.07) is 6.98. The molecule has 4 heteroatoms. The lowest BCUT2D eigenvalue weighted by Crippen LogP contribution is -2.13. The molecule has 0 N–H and O–H groups in total. The fourth-order valence-electron chi connectivity index (χ4n) is 2.20. The number of nitrogens with zero attached hydrogens (tertiary/aromatic N) is 2. The maximum Gasteiger partial charge on any atom is 0.113 e. The summed E-state index contributed by atoms with van der Waals surface area (Å²) in [6.45, 7) is 0. The van der Waals surface area contributed by atoms with Gasteiger partial charge in [0.05, 0.1) is 0 Å². The maximum atomic E-state index is 10.7. The highest BCUT2D eigenvalue weighted by Gasteiger charge is 2.19. The van der Waals surface area contributed by atoms with Gasteiger partial charge in [-0.15, -0.1) is 4.91 Å². The van der Waals surface area contributed by atoms with E-state index in [9.17, 15) is 9.81 Å². The molecule has 17 heavy (non-hydrogen) atoms. The van der Waals surface area contributed by atoms with Crippen molar-refractivity contribution in [3.8, 4) is 0 Å². The molecule has 0 aromatic heterocycles. The second kappa shape index (κ2) is 5.48. The number of nitroso groups, excluding NO2 is 2. The summed E-state index contributed by atoms with van der Waals surface area (Å²) in [7, 11) is 0. The highest BCUT2D eigenvalue weighted by molar-refractivity contribution is 5.47.